The molecule has 1 saturated heterocycles. The fourth-order valence-electron chi connectivity index (χ4n) is 4.37. The number of ether oxygens (including phenoxy) is 3. The predicted octanol–water partition coefficient (Wildman–Crippen LogP) is 3.34. The Labute approximate surface area is 167 Å². The first-order valence-corrected chi connectivity index (χ1v) is 10.7. The SMILES string of the molecule is CC1CCN(C(C)C(=O)NC2CCC(Oc3ccc4c(c3)OCO4)CC2)CC1. The molecule has 154 valence electrons. The van der Waals surface area contributed by atoms with Crippen molar-refractivity contribution in [1.82, 2.24) is 10.2 Å². The number of nitrogens with one attached hydrogen (secondary N) is 1. The number of hydrogen-bond acceptors (Lipinski definition) is 5. The van der Waals surface area contributed by atoms with Gasteiger partial charge in [-0.15, -0.1) is 0 Å². The van der Waals surface area contributed by atoms with E-state index in [2.05, 4.69) is 17.1 Å². The van der Waals surface area contributed by atoms with E-state index in [1.807, 2.05) is 25.1 Å². The Morgan fingerprint density at radius 2 is 1.82 bits per heavy atom. The van der Waals surface area contributed by atoms with Crippen molar-refractivity contribution in [2.24, 2.45) is 5.92 Å². The predicted molar refractivity (Wildman–Crippen MR) is 107 cm³/mol. The number of hydrogen-bond donors (Lipinski definition) is 1. The number of carbonyl (C=O) groups is 1. The van der Waals surface area contributed by atoms with Crippen LogP contribution in [0.3, 0.4) is 0 Å². The number of fused-ring (bicyclic) bond motifs is 1. The Kier molecular flexibility index (Phi) is 5.95. The molecule has 3 aliphatic rings. The van der Waals surface area contributed by atoms with Crippen LogP contribution in [0.15, 0.2) is 18.2 Å². The number of carbonyl (C=O) groups excluding carboxylic acids is 1. The van der Waals surface area contributed by atoms with Gasteiger partial charge in [-0.1, -0.05) is 6.92 Å². The van der Waals surface area contributed by atoms with Gasteiger partial charge in [0.2, 0.25) is 12.7 Å². The van der Waals surface area contributed by atoms with Crippen LogP contribution in [-0.4, -0.2) is 48.9 Å². The molecule has 0 radical (unpaired) electrons. The van der Waals surface area contributed by atoms with Gasteiger partial charge in [-0.2, -0.15) is 0 Å². The highest BCUT2D eigenvalue weighted by Gasteiger charge is 2.29. The average molecular weight is 389 g/mol. The smallest absolute Gasteiger partial charge is 0.237 e. The molecule has 2 fully saturated rings. The van der Waals surface area contributed by atoms with Gasteiger partial charge in [0.15, 0.2) is 11.5 Å². The van der Waals surface area contributed by atoms with Crippen molar-refractivity contribution in [3.63, 3.8) is 0 Å². The normalized spacial score (nSPS) is 26.6. The molecule has 0 spiro atoms. The molecule has 1 N–H and O–H groups in total. The number of likely N-dealkylation sites (tertiary alicyclic amines) is 1. The Morgan fingerprint density at radius 3 is 2.57 bits per heavy atom. The largest absolute Gasteiger partial charge is 0.490 e. The van der Waals surface area contributed by atoms with E-state index in [0.717, 1.165) is 61.9 Å². The van der Waals surface area contributed by atoms with E-state index in [-0.39, 0.29) is 30.9 Å². The highest BCUT2D eigenvalue weighted by Crippen LogP contribution is 2.36. The topological polar surface area (TPSA) is 60.0 Å². The van der Waals surface area contributed by atoms with E-state index in [1.54, 1.807) is 0 Å². The van der Waals surface area contributed by atoms with Crippen molar-refractivity contribution in [1.29, 1.82) is 0 Å². The quantitative estimate of drug-likeness (QED) is 0.838. The zero-order valence-electron chi connectivity index (χ0n) is 17.0. The summed E-state index contributed by atoms with van der Waals surface area (Å²) in [5.41, 5.74) is 0. The second-order valence-corrected chi connectivity index (χ2v) is 8.51. The van der Waals surface area contributed by atoms with E-state index in [0.29, 0.717) is 0 Å². The van der Waals surface area contributed by atoms with E-state index < -0.39 is 0 Å². The van der Waals surface area contributed by atoms with Crippen LogP contribution in [0, 0.1) is 5.92 Å². The van der Waals surface area contributed by atoms with Crippen LogP contribution < -0.4 is 19.5 Å². The summed E-state index contributed by atoms with van der Waals surface area (Å²) in [5, 5.41) is 3.27. The summed E-state index contributed by atoms with van der Waals surface area (Å²) in [6.07, 6.45) is 6.41. The van der Waals surface area contributed by atoms with Gasteiger partial charge in [0.05, 0.1) is 12.1 Å². The van der Waals surface area contributed by atoms with E-state index in [9.17, 15) is 4.79 Å². The molecule has 2 aliphatic heterocycles. The van der Waals surface area contributed by atoms with Gasteiger partial charge < -0.3 is 19.5 Å². The lowest BCUT2D eigenvalue weighted by Crippen LogP contribution is -2.51. The summed E-state index contributed by atoms with van der Waals surface area (Å²) in [6.45, 7) is 6.68. The molecule has 6 nitrogen and oxygen atoms in total. The van der Waals surface area contributed by atoms with Crippen molar-refractivity contribution in [3.05, 3.63) is 18.2 Å². The van der Waals surface area contributed by atoms with Crippen molar-refractivity contribution in [3.8, 4) is 17.2 Å². The summed E-state index contributed by atoms with van der Waals surface area (Å²) in [7, 11) is 0. The van der Waals surface area contributed by atoms with Crippen molar-refractivity contribution in [2.45, 2.75) is 70.6 Å². The number of amides is 1. The van der Waals surface area contributed by atoms with Crippen LogP contribution in [0.1, 0.15) is 52.4 Å². The Bertz CT molecular complexity index is 679. The van der Waals surface area contributed by atoms with Crippen molar-refractivity contribution in [2.75, 3.05) is 19.9 Å². The summed E-state index contributed by atoms with van der Waals surface area (Å²) in [5.74, 6) is 3.31. The molecule has 28 heavy (non-hydrogen) atoms. The molecule has 2 heterocycles. The molecule has 1 aromatic carbocycles. The maximum absolute atomic E-state index is 12.7. The van der Waals surface area contributed by atoms with Crippen LogP contribution >= 0.6 is 0 Å². The number of nitrogens with zero attached hydrogens (tertiary/aromatic N) is 1. The third kappa shape index (κ3) is 4.54. The monoisotopic (exact) mass is 388 g/mol. The van der Waals surface area contributed by atoms with E-state index >= 15 is 0 Å². The van der Waals surface area contributed by atoms with Gasteiger partial charge in [0.1, 0.15) is 5.75 Å². The van der Waals surface area contributed by atoms with Gasteiger partial charge in [-0.3, -0.25) is 9.69 Å². The molecule has 6 heteroatoms. The standard InChI is InChI=1S/C22H32N2O4/c1-15-9-11-24(12-10-15)16(2)22(25)23-17-3-5-18(6-4-17)28-19-7-8-20-21(13-19)27-14-26-20/h7-8,13,15-18H,3-6,9-12,14H2,1-2H3,(H,23,25). The number of rotatable bonds is 5. The van der Waals surface area contributed by atoms with Crippen LogP contribution in [0.2, 0.25) is 0 Å². The van der Waals surface area contributed by atoms with Gasteiger partial charge in [0, 0.05) is 12.1 Å². The summed E-state index contributed by atoms with van der Waals surface area (Å²) in [6, 6.07) is 5.96. The zero-order chi connectivity index (χ0) is 19.5. The highest BCUT2D eigenvalue weighted by atomic mass is 16.7. The van der Waals surface area contributed by atoms with Gasteiger partial charge >= 0.3 is 0 Å². The minimum Gasteiger partial charge on any atom is -0.490 e. The fourth-order valence-corrected chi connectivity index (χ4v) is 4.37. The molecule has 1 aliphatic carbocycles. The molecule has 0 bridgehead atoms. The lowest BCUT2D eigenvalue weighted by molar-refractivity contribution is -0.127. The Morgan fingerprint density at radius 1 is 1.11 bits per heavy atom. The first kappa shape index (κ1) is 19.4. The van der Waals surface area contributed by atoms with Crippen LogP contribution in [-0.2, 0) is 4.79 Å². The molecule has 0 aromatic heterocycles. The second kappa shape index (κ2) is 8.60. The first-order valence-electron chi connectivity index (χ1n) is 10.7. The molecule has 1 unspecified atom stereocenters. The molecular formula is C22H32N2O4. The maximum atomic E-state index is 12.7. The lowest BCUT2D eigenvalue weighted by atomic mass is 9.92. The van der Waals surface area contributed by atoms with Crippen LogP contribution in [0.25, 0.3) is 0 Å². The molecule has 1 saturated carbocycles. The molecule has 1 aromatic rings. The molecule has 4 rings (SSSR count). The summed E-state index contributed by atoms with van der Waals surface area (Å²) < 4.78 is 16.9. The van der Waals surface area contributed by atoms with Gasteiger partial charge in [0.25, 0.3) is 0 Å². The minimum atomic E-state index is -0.0323. The van der Waals surface area contributed by atoms with Crippen LogP contribution in [0.5, 0.6) is 17.2 Å². The van der Waals surface area contributed by atoms with Gasteiger partial charge in [-0.25, -0.2) is 0 Å². The maximum Gasteiger partial charge on any atom is 0.237 e. The Hall–Kier alpha value is -1.95. The van der Waals surface area contributed by atoms with Crippen LogP contribution in [0.4, 0.5) is 0 Å². The van der Waals surface area contributed by atoms with Gasteiger partial charge in [-0.05, 0) is 76.6 Å². The third-order valence-electron chi connectivity index (χ3n) is 6.41. The Balaban J connectivity index is 1.21. The average Bonchev–Trinajstić information content (AvgIpc) is 3.17. The van der Waals surface area contributed by atoms with E-state index in [1.165, 1.54) is 12.8 Å². The highest BCUT2D eigenvalue weighted by molar-refractivity contribution is 5.81. The first-order chi connectivity index (χ1) is 13.6. The van der Waals surface area contributed by atoms with Crippen molar-refractivity contribution >= 4 is 5.91 Å². The van der Waals surface area contributed by atoms with E-state index in [4.69, 9.17) is 14.2 Å². The molecule has 1 atom stereocenters. The minimum absolute atomic E-state index is 0.0323. The zero-order valence-corrected chi connectivity index (χ0v) is 17.0. The molecule has 1 amide bonds. The van der Waals surface area contributed by atoms with Crippen molar-refractivity contribution < 1.29 is 19.0 Å². The second-order valence-electron chi connectivity index (χ2n) is 8.51. The number of benzene rings is 1. The molecular weight excluding hydrogens is 356 g/mol. The summed E-state index contributed by atoms with van der Waals surface area (Å²) in [4.78, 5) is 15.0. The third-order valence-corrected chi connectivity index (χ3v) is 6.41. The lowest BCUT2D eigenvalue weighted by Gasteiger charge is -2.35. The number of piperidine rings is 1. The summed E-state index contributed by atoms with van der Waals surface area (Å²) >= 11 is 0. The fraction of sp³-hybridized carbons (Fsp3) is 0.682.